The summed E-state index contributed by atoms with van der Waals surface area (Å²) in [6.07, 6.45) is 1.46. The lowest BCUT2D eigenvalue weighted by Crippen LogP contribution is -2.68. The lowest BCUT2D eigenvalue weighted by Gasteiger charge is -2.55. The number of aliphatic hydroxyl groups is 1. The number of nitrogens with one attached hydrogen (secondary N) is 2. The number of fused-ring (bicyclic) bond motifs is 1. The van der Waals surface area contributed by atoms with Crippen LogP contribution in [0.3, 0.4) is 0 Å². The average molecular weight is 479 g/mol. The van der Waals surface area contributed by atoms with Crippen molar-refractivity contribution in [3.63, 3.8) is 0 Å². The van der Waals surface area contributed by atoms with Gasteiger partial charge in [0.1, 0.15) is 5.60 Å². The highest BCUT2D eigenvalue weighted by molar-refractivity contribution is 14.0. The average Bonchev–Trinajstić information content (AvgIpc) is 3.19. The molecule has 25 heavy (non-hydrogen) atoms. The van der Waals surface area contributed by atoms with Gasteiger partial charge in [-0.05, 0) is 42.7 Å². The molecule has 0 amide bonds. The van der Waals surface area contributed by atoms with Crippen LogP contribution in [0.1, 0.15) is 39.7 Å². The third-order valence-electron chi connectivity index (χ3n) is 5.43. The first kappa shape index (κ1) is 20.9. The van der Waals surface area contributed by atoms with Crippen LogP contribution in [-0.4, -0.2) is 42.9 Å². The van der Waals surface area contributed by atoms with Crippen molar-refractivity contribution in [2.75, 3.05) is 19.7 Å². The maximum absolute atomic E-state index is 10.7. The Labute approximate surface area is 171 Å². The molecule has 142 valence electrons. The molecule has 4 atom stereocenters. The summed E-state index contributed by atoms with van der Waals surface area (Å²) in [7, 11) is 0. The summed E-state index contributed by atoms with van der Waals surface area (Å²) >= 11 is 1.59. The molecule has 1 aliphatic heterocycles. The van der Waals surface area contributed by atoms with E-state index in [1.54, 1.807) is 11.3 Å². The second-order valence-corrected chi connectivity index (χ2v) is 8.45. The zero-order chi connectivity index (χ0) is 17.4. The molecule has 2 fully saturated rings. The number of rotatable bonds is 5. The van der Waals surface area contributed by atoms with Crippen molar-refractivity contribution in [2.24, 2.45) is 16.3 Å². The topological polar surface area (TPSA) is 65.9 Å². The van der Waals surface area contributed by atoms with Crippen molar-refractivity contribution in [2.45, 2.75) is 51.9 Å². The summed E-state index contributed by atoms with van der Waals surface area (Å²) in [6, 6.07) is 2.31. The van der Waals surface area contributed by atoms with Gasteiger partial charge in [-0.15, -0.1) is 24.0 Å². The first-order chi connectivity index (χ1) is 11.4. The molecule has 1 aromatic rings. The van der Waals surface area contributed by atoms with E-state index in [0.29, 0.717) is 24.6 Å². The van der Waals surface area contributed by atoms with E-state index in [1.165, 1.54) is 0 Å². The number of nitrogens with zero attached hydrogens (tertiary/aromatic N) is 1. The Balaban J connectivity index is 0.00000225. The van der Waals surface area contributed by atoms with Gasteiger partial charge in [-0.1, -0.05) is 13.8 Å². The first-order valence-electron chi connectivity index (χ1n) is 8.78. The van der Waals surface area contributed by atoms with E-state index in [-0.39, 0.29) is 29.4 Å². The fourth-order valence-corrected chi connectivity index (χ4v) is 4.76. The maximum atomic E-state index is 10.7. The molecule has 7 heteroatoms. The predicted molar refractivity (Wildman–Crippen MR) is 114 cm³/mol. The highest BCUT2D eigenvalue weighted by Gasteiger charge is 2.59. The molecule has 1 aromatic heterocycles. The van der Waals surface area contributed by atoms with Crippen LogP contribution in [0, 0.1) is 11.3 Å². The van der Waals surface area contributed by atoms with Crippen LogP contribution < -0.4 is 10.6 Å². The van der Waals surface area contributed by atoms with Crippen molar-refractivity contribution < 1.29 is 9.84 Å². The molecular weight excluding hydrogens is 449 g/mol. The van der Waals surface area contributed by atoms with Crippen LogP contribution in [0.2, 0.25) is 0 Å². The van der Waals surface area contributed by atoms with Crippen molar-refractivity contribution in [3.8, 4) is 0 Å². The molecule has 3 rings (SSSR count). The van der Waals surface area contributed by atoms with Gasteiger partial charge in [-0.3, -0.25) is 0 Å². The number of aliphatic imine (C=N–C) groups is 1. The van der Waals surface area contributed by atoms with E-state index in [0.717, 1.165) is 31.1 Å². The molecule has 3 N–H and O–H groups in total. The highest BCUT2D eigenvalue weighted by atomic mass is 127. The monoisotopic (exact) mass is 479 g/mol. The van der Waals surface area contributed by atoms with Gasteiger partial charge >= 0.3 is 0 Å². The van der Waals surface area contributed by atoms with Gasteiger partial charge in [0.25, 0.3) is 0 Å². The zero-order valence-electron chi connectivity index (χ0n) is 15.4. The number of hydrogen-bond acceptors (Lipinski definition) is 4. The molecule has 0 spiro atoms. The van der Waals surface area contributed by atoms with Gasteiger partial charge in [0.15, 0.2) is 5.96 Å². The zero-order valence-corrected chi connectivity index (χ0v) is 18.6. The summed E-state index contributed by atoms with van der Waals surface area (Å²) in [5.74, 6) is 1.33. The smallest absolute Gasteiger partial charge is 0.191 e. The molecular formula is C18H30IN3O2S. The van der Waals surface area contributed by atoms with Crippen LogP contribution in [0.4, 0.5) is 0 Å². The Hall–Kier alpha value is -0.380. The Kier molecular flexibility index (Phi) is 6.78. The fraction of sp³-hybridized carbons (Fsp3) is 0.722. The molecule has 0 aromatic carbocycles. The van der Waals surface area contributed by atoms with Crippen molar-refractivity contribution in [1.29, 1.82) is 0 Å². The third-order valence-corrected chi connectivity index (χ3v) is 6.11. The molecule has 2 aliphatic rings. The minimum absolute atomic E-state index is 0. The Morgan fingerprint density at radius 3 is 2.92 bits per heavy atom. The van der Waals surface area contributed by atoms with Gasteiger partial charge in [-0.25, -0.2) is 4.99 Å². The molecule has 4 unspecified atom stereocenters. The number of halogens is 1. The second kappa shape index (κ2) is 8.10. The number of ether oxygens (including phenoxy) is 1. The van der Waals surface area contributed by atoms with E-state index in [9.17, 15) is 5.11 Å². The molecule has 1 aliphatic carbocycles. The summed E-state index contributed by atoms with van der Waals surface area (Å²) in [4.78, 5) is 4.65. The summed E-state index contributed by atoms with van der Waals surface area (Å²) in [5, 5.41) is 21.5. The van der Waals surface area contributed by atoms with Crippen molar-refractivity contribution >= 4 is 41.3 Å². The van der Waals surface area contributed by atoms with Crippen LogP contribution in [0.15, 0.2) is 21.8 Å². The Morgan fingerprint density at radius 2 is 2.28 bits per heavy atom. The number of guanidine groups is 1. The van der Waals surface area contributed by atoms with E-state index >= 15 is 0 Å². The molecule has 1 saturated carbocycles. The minimum Gasteiger partial charge on any atom is -0.383 e. The SMILES string of the molecule is CCNC(=NCC(C)(O)c1ccsc1)NC1C2CCOC2C1(C)C.I. The van der Waals surface area contributed by atoms with Crippen LogP contribution >= 0.6 is 35.3 Å². The molecule has 5 nitrogen and oxygen atoms in total. The Bertz CT molecular complexity index is 589. The minimum atomic E-state index is -0.948. The van der Waals surface area contributed by atoms with Gasteiger partial charge in [0.05, 0.1) is 12.6 Å². The number of hydrogen-bond donors (Lipinski definition) is 3. The standard InChI is InChI=1S/C18H29N3O2S.HI/c1-5-19-16(20-11-18(4,22)12-7-9-24-10-12)21-14-13-6-8-23-15(13)17(14,2)3;/h7,9-10,13-15,22H,5-6,8,11H2,1-4H3,(H2,19,20,21);1H. The van der Waals surface area contributed by atoms with Gasteiger partial charge < -0.3 is 20.5 Å². The van der Waals surface area contributed by atoms with E-state index in [4.69, 9.17) is 4.74 Å². The van der Waals surface area contributed by atoms with E-state index in [1.807, 2.05) is 23.8 Å². The fourth-order valence-electron chi connectivity index (χ4n) is 3.98. The summed E-state index contributed by atoms with van der Waals surface area (Å²) in [5.41, 5.74) is 0.0734. The summed E-state index contributed by atoms with van der Waals surface area (Å²) in [6.45, 7) is 10.4. The van der Waals surface area contributed by atoms with Crippen LogP contribution in [0.5, 0.6) is 0 Å². The quantitative estimate of drug-likeness (QED) is 0.345. The second-order valence-electron chi connectivity index (χ2n) is 7.67. The maximum Gasteiger partial charge on any atom is 0.191 e. The van der Waals surface area contributed by atoms with E-state index in [2.05, 4.69) is 36.4 Å². The lowest BCUT2D eigenvalue weighted by atomic mass is 9.57. The van der Waals surface area contributed by atoms with Gasteiger partial charge in [0.2, 0.25) is 0 Å². The first-order valence-corrected chi connectivity index (χ1v) is 9.72. The van der Waals surface area contributed by atoms with Crippen LogP contribution in [-0.2, 0) is 10.3 Å². The van der Waals surface area contributed by atoms with Gasteiger partial charge in [-0.2, -0.15) is 11.3 Å². The molecule has 0 bridgehead atoms. The summed E-state index contributed by atoms with van der Waals surface area (Å²) < 4.78 is 5.86. The predicted octanol–water partition coefficient (Wildman–Crippen LogP) is 2.94. The number of thiophene rings is 1. The van der Waals surface area contributed by atoms with Crippen molar-refractivity contribution in [1.82, 2.24) is 10.6 Å². The van der Waals surface area contributed by atoms with E-state index < -0.39 is 5.60 Å². The molecule has 0 radical (unpaired) electrons. The highest BCUT2D eigenvalue weighted by Crippen LogP contribution is 2.52. The van der Waals surface area contributed by atoms with Crippen molar-refractivity contribution in [3.05, 3.63) is 22.4 Å². The third kappa shape index (κ3) is 4.14. The normalized spacial score (nSPS) is 29.8. The van der Waals surface area contributed by atoms with Crippen LogP contribution in [0.25, 0.3) is 0 Å². The molecule has 2 heterocycles. The Morgan fingerprint density at radius 1 is 1.52 bits per heavy atom. The molecule has 1 saturated heterocycles. The largest absolute Gasteiger partial charge is 0.383 e. The van der Waals surface area contributed by atoms with Gasteiger partial charge in [0, 0.05) is 30.5 Å². The lowest BCUT2D eigenvalue weighted by molar-refractivity contribution is -0.106.